The van der Waals surface area contributed by atoms with Gasteiger partial charge >= 0.3 is 0 Å². The molecule has 0 amide bonds. The second kappa shape index (κ2) is 5.86. The summed E-state index contributed by atoms with van der Waals surface area (Å²) in [6.07, 6.45) is 9.63. The standard InChI is InChI=1S/C12H14N2O/c1-3-4-5-12(15)7-6-11-8-13-10(2)14-9-11/h3,6-9H,1,4-5H2,2H3/b7-6+. The van der Waals surface area contributed by atoms with Crippen molar-refractivity contribution in [3.8, 4) is 0 Å². The minimum absolute atomic E-state index is 0.0930. The number of hydrogen-bond acceptors (Lipinski definition) is 3. The van der Waals surface area contributed by atoms with Gasteiger partial charge in [-0.3, -0.25) is 4.79 Å². The summed E-state index contributed by atoms with van der Waals surface area (Å²) >= 11 is 0. The molecule has 0 N–H and O–H groups in total. The molecule has 3 nitrogen and oxygen atoms in total. The molecule has 0 atom stereocenters. The molecule has 0 aliphatic rings. The minimum Gasteiger partial charge on any atom is -0.295 e. The summed E-state index contributed by atoms with van der Waals surface area (Å²) in [7, 11) is 0. The summed E-state index contributed by atoms with van der Waals surface area (Å²) in [4.78, 5) is 19.3. The van der Waals surface area contributed by atoms with Crippen molar-refractivity contribution in [3.63, 3.8) is 0 Å². The number of rotatable bonds is 5. The van der Waals surface area contributed by atoms with Gasteiger partial charge < -0.3 is 0 Å². The highest BCUT2D eigenvalue weighted by atomic mass is 16.1. The van der Waals surface area contributed by atoms with Crippen molar-refractivity contribution >= 4 is 11.9 Å². The number of carbonyl (C=O) groups excluding carboxylic acids is 1. The summed E-state index contributed by atoms with van der Waals surface area (Å²) in [5.74, 6) is 0.820. The van der Waals surface area contributed by atoms with E-state index in [1.165, 1.54) is 0 Å². The molecule has 1 heterocycles. The molecule has 0 aliphatic carbocycles. The average molecular weight is 202 g/mol. The lowest BCUT2D eigenvalue weighted by Gasteiger charge is -1.93. The van der Waals surface area contributed by atoms with Gasteiger partial charge in [0.15, 0.2) is 5.78 Å². The fourth-order valence-electron chi connectivity index (χ4n) is 1.01. The molecule has 0 saturated carbocycles. The lowest BCUT2D eigenvalue weighted by Crippen LogP contribution is -1.91. The van der Waals surface area contributed by atoms with Crippen LogP contribution in [0.3, 0.4) is 0 Å². The Labute approximate surface area is 89.6 Å². The van der Waals surface area contributed by atoms with Crippen molar-refractivity contribution < 1.29 is 4.79 Å². The molecule has 0 unspecified atom stereocenters. The third-order valence-corrected chi connectivity index (χ3v) is 1.86. The first kappa shape index (κ1) is 11.3. The van der Waals surface area contributed by atoms with Crippen LogP contribution in [0.2, 0.25) is 0 Å². The van der Waals surface area contributed by atoms with E-state index in [1.807, 2.05) is 6.92 Å². The highest BCUT2D eigenvalue weighted by molar-refractivity contribution is 5.93. The zero-order valence-electron chi connectivity index (χ0n) is 8.81. The maximum absolute atomic E-state index is 11.3. The summed E-state index contributed by atoms with van der Waals surface area (Å²) in [6, 6.07) is 0. The molecule has 0 saturated heterocycles. The first-order chi connectivity index (χ1) is 7.22. The molecule has 0 spiro atoms. The van der Waals surface area contributed by atoms with Gasteiger partial charge in [-0.25, -0.2) is 9.97 Å². The van der Waals surface area contributed by atoms with Gasteiger partial charge in [0.1, 0.15) is 5.82 Å². The monoisotopic (exact) mass is 202 g/mol. The van der Waals surface area contributed by atoms with Crippen LogP contribution in [-0.2, 0) is 4.79 Å². The molecule has 78 valence electrons. The van der Waals surface area contributed by atoms with Gasteiger partial charge in [0.05, 0.1) is 0 Å². The van der Waals surface area contributed by atoms with Crippen LogP contribution in [0.4, 0.5) is 0 Å². The minimum atomic E-state index is 0.0930. The van der Waals surface area contributed by atoms with Gasteiger partial charge in [-0.2, -0.15) is 0 Å². The van der Waals surface area contributed by atoms with Crippen molar-refractivity contribution in [3.05, 3.63) is 42.5 Å². The van der Waals surface area contributed by atoms with Crippen molar-refractivity contribution in [2.75, 3.05) is 0 Å². The molecule has 1 aromatic heterocycles. The van der Waals surface area contributed by atoms with Gasteiger partial charge in [0.25, 0.3) is 0 Å². The van der Waals surface area contributed by atoms with Crippen LogP contribution in [0.5, 0.6) is 0 Å². The first-order valence-corrected chi connectivity index (χ1v) is 4.83. The molecule has 3 heteroatoms. The maximum atomic E-state index is 11.3. The number of allylic oxidation sites excluding steroid dienone is 2. The van der Waals surface area contributed by atoms with Crippen LogP contribution < -0.4 is 0 Å². The molecule has 0 fully saturated rings. The van der Waals surface area contributed by atoms with Gasteiger partial charge in [-0.1, -0.05) is 6.08 Å². The maximum Gasteiger partial charge on any atom is 0.156 e. The molecule has 1 rings (SSSR count). The molecule has 0 bridgehead atoms. The van der Waals surface area contributed by atoms with Crippen LogP contribution in [-0.4, -0.2) is 15.8 Å². The first-order valence-electron chi connectivity index (χ1n) is 4.83. The highest BCUT2D eigenvalue weighted by Crippen LogP contribution is 2.00. The smallest absolute Gasteiger partial charge is 0.156 e. The van der Waals surface area contributed by atoms with E-state index < -0.39 is 0 Å². The lowest BCUT2D eigenvalue weighted by atomic mass is 10.2. The number of aromatic nitrogens is 2. The fraction of sp³-hybridized carbons (Fsp3) is 0.250. The second-order valence-corrected chi connectivity index (χ2v) is 3.19. The Bertz CT molecular complexity index is 366. The van der Waals surface area contributed by atoms with Crippen molar-refractivity contribution in [1.82, 2.24) is 9.97 Å². The third-order valence-electron chi connectivity index (χ3n) is 1.86. The molecule has 0 aromatic carbocycles. The average Bonchev–Trinajstić information content (AvgIpc) is 2.25. The Hall–Kier alpha value is -1.77. The van der Waals surface area contributed by atoms with Crippen LogP contribution in [0, 0.1) is 6.92 Å². The molecule has 0 radical (unpaired) electrons. The number of ketones is 1. The van der Waals surface area contributed by atoms with Crippen LogP contribution in [0.1, 0.15) is 24.2 Å². The lowest BCUT2D eigenvalue weighted by molar-refractivity contribution is -0.114. The highest BCUT2D eigenvalue weighted by Gasteiger charge is 1.94. The topological polar surface area (TPSA) is 42.9 Å². The number of hydrogen-bond donors (Lipinski definition) is 0. The predicted molar refractivity (Wildman–Crippen MR) is 60.2 cm³/mol. The third kappa shape index (κ3) is 4.31. The van der Waals surface area contributed by atoms with Crippen LogP contribution >= 0.6 is 0 Å². The van der Waals surface area contributed by atoms with Crippen molar-refractivity contribution in [1.29, 1.82) is 0 Å². The largest absolute Gasteiger partial charge is 0.295 e. The molecule has 0 aliphatic heterocycles. The number of aryl methyl sites for hydroxylation is 1. The summed E-state index contributed by atoms with van der Waals surface area (Å²) < 4.78 is 0. The quantitative estimate of drug-likeness (QED) is 0.543. The van der Waals surface area contributed by atoms with E-state index in [9.17, 15) is 4.79 Å². The Kier molecular flexibility index (Phi) is 4.41. The molecular weight excluding hydrogens is 188 g/mol. The molecule has 15 heavy (non-hydrogen) atoms. The summed E-state index contributed by atoms with van der Waals surface area (Å²) in [6.45, 7) is 5.39. The normalized spacial score (nSPS) is 10.5. The van der Waals surface area contributed by atoms with Crippen molar-refractivity contribution in [2.45, 2.75) is 19.8 Å². The fourth-order valence-corrected chi connectivity index (χ4v) is 1.01. The van der Waals surface area contributed by atoms with E-state index in [2.05, 4.69) is 16.5 Å². The Morgan fingerprint density at radius 2 is 2.13 bits per heavy atom. The van der Waals surface area contributed by atoms with Gasteiger partial charge in [0, 0.05) is 24.4 Å². The van der Waals surface area contributed by atoms with Gasteiger partial charge in [-0.15, -0.1) is 6.58 Å². The SMILES string of the molecule is C=CCCC(=O)/C=C/c1cnc(C)nc1. The van der Waals surface area contributed by atoms with E-state index in [0.29, 0.717) is 12.8 Å². The van der Waals surface area contributed by atoms with E-state index in [-0.39, 0.29) is 5.78 Å². The van der Waals surface area contributed by atoms with Crippen LogP contribution in [0.25, 0.3) is 6.08 Å². The summed E-state index contributed by atoms with van der Waals surface area (Å²) in [5, 5.41) is 0. The molecular formula is C12H14N2O. The van der Waals surface area contributed by atoms with Crippen LogP contribution in [0.15, 0.2) is 31.1 Å². The predicted octanol–water partition coefficient (Wildman–Crippen LogP) is 2.33. The Balaban J connectivity index is 2.53. The van der Waals surface area contributed by atoms with Gasteiger partial charge in [0.2, 0.25) is 0 Å². The Morgan fingerprint density at radius 3 is 2.73 bits per heavy atom. The number of carbonyl (C=O) groups is 1. The van der Waals surface area contributed by atoms with E-state index in [4.69, 9.17) is 0 Å². The van der Waals surface area contributed by atoms with Crippen molar-refractivity contribution in [2.24, 2.45) is 0 Å². The van der Waals surface area contributed by atoms with E-state index in [0.717, 1.165) is 11.4 Å². The van der Waals surface area contributed by atoms with Gasteiger partial charge in [-0.05, 0) is 25.5 Å². The van der Waals surface area contributed by atoms with E-state index >= 15 is 0 Å². The molecule has 1 aromatic rings. The number of nitrogens with zero attached hydrogens (tertiary/aromatic N) is 2. The zero-order valence-corrected chi connectivity index (χ0v) is 8.81. The second-order valence-electron chi connectivity index (χ2n) is 3.19. The van der Waals surface area contributed by atoms with E-state index in [1.54, 1.807) is 30.6 Å². The summed E-state index contributed by atoms with van der Waals surface area (Å²) in [5.41, 5.74) is 0.840. The zero-order chi connectivity index (χ0) is 11.1. The Morgan fingerprint density at radius 1 is 1.47 bits per heavy atom.